The molecule has 0 atom stereocenters. The zero-order valence-electron chi connectivity index (χ0n) is 13.2. The first kappa shape index (κ1) is 16.1. The third-order valence-corrected chi connectivity index (χ3v) is 4.30. The van der Waals surface area contributed by atoms with E-state index in [-0.39, 0.29) is 5.41 Å². The molecule has 2 rings (SSSR count). The summed E-state index contributed by atoms with van der Waals surface area (Å²) in [5.41, 5.74) is 3.05. The molecule has 0 unspecified atom stereocenters. The molecule has 0 fully saturated rings. The van der Waals surface area contributed by atoms with Gasteiger partial charge in [0.1, 0.15) is 11.5 Å². The van der Waals surface area contributed by atoms with Crippen LogP contribution in [0.5, 0.6) is 0 Å². The Morgan fingerprint density at radius 1 is 1.24 bits per heavy atom. The van der Waals surface area contributed by atoms with Gasteiger partial charge in [0.25, 0.3) is 0 Å². The van der Waals surface area contributed by atoms with Crippen molar-refractivity contribution in [2.45, 2.75) is 39.5 Å². The summed E-state index contributed by atoms with van der Waals surface area (Å²) in [6.45, 7) is 8.62. The highest BCUT2D eigenvalue weighted by molar-refractivity contribution is 14.1. The number of aromatic nitrogens is 3. The van der Waals surface area contributed by atoms with Crippen molar-refractivity contribution in [3.8, 4) is 11.5 Å². The van der Waals surface area contributed by atoms with E-state index < -0.39 is 0 Å². The van der Waals surface area contributed by atoms with Gasteiger partial charge in [-0.2, -0.15) is 0 Å². The van der Waals surface area contributed by atoms with Crippen LogP contribution in [-0.4, -0.2) is 22.0 Å². The molecule has 0 spiro atoms. The lowest BCUT2D eigenvalue weighted by Gasteiger charge is -2.22. The fourth-order valence-electron chi connectivity index (χ4n) is 2.14. The molecule has 0 aromatic carbocycles. The molecular formula is C16H21IN4. The van der Waals surface area contributed by atoms with E-state index in [0.717, 1.165) is 27.2 Å². The van der Waals surface area contributed by atoms with Gasteiger partial charge in [0.05, 0.1) is 9.26 Å². The SMILES string of the molecule is CCc1cccnc1-c1nc(NC)c(I)c(C(C)(C)C)n1. The van der Waals surface area contributed by atoms with Crippen LogP contribution >= 0.6 is 22.6 Å². The highest BCUT2D eigenvalue weighted by atomic mass is 127. The number of rotatable bonds is 3. The van der Waals surface area contributed by atoms with Crippen LogP contribution in [0.1, 0.15) is 39.0 Å². The molecule has 0 saturated heterocycles. The minimum atomic E-state index is -0.0407. The fraction of sp³-hybridized carbons (Fsp3) is 0.438. The van der Waals surface area contributed by atoms with E-state index in [0.29, 0.717) is 5.82 Å². The van der Waals surface area contributed by atoms with E-state index in [1.54, 1.807) is 6.20 Å². The fourth-order valence-corrected chi connectivity index (χ4v) is 3.46. The first-order chi connectivity index (χ1) is 9.88. The summed E-state index contributed by atoms with van der Waals surface area (Å²) in [5.74, 6) is 1.56. The predicted octanol–water partition coefficient (Wildman–Crippen LogP) is 4.04. The van der Waals surface area contributed by atoms with Crippen LogP contribution in [0.2, 0.25) is 0 Å². The molecule has 1 N–H and O–H groups in total. The van der Waals surface area contributed by atoms with E-state index in [9.17, 15) is 0 Å². The Morgan fingerprint density at radius 3 is 2.52 bits per heavy atom. The lowest BCUT2D eigenvalue weighted by atomic mass is 9.91. The average Bonchev–Trinajstić information content (AvgIpc) is 2.46. The quantitative estimate of drug-likeness (QED) is 0.796. The normalized spacial score (nSPS) is 11.5. The van der Waals surface area contributed by atoms with Gasteiger partial charge < -0.3 is 5.32 Å². The van der Waals surface area contributed by atoms with Crippen LogP contribution in [0.3, 0.4) is 0 Å². The highest BCUT2D eigenvalue weighted by Gasteiger charge is 2.24. The van der Waals surface area contributed by atoms with Crippen LogP contribution in [0.4, 0.5) is 5.82 Å². The van der Waals surface area contributed by atoms with Gasteiger partial charge >= 0.3 is 0 Å². The summed E-state index contributed by atoms with van der Waals surface area (Å²) in [6, 6.07) is 4.04. The number of aryl methyl sites for hydroxylation is 1. The van der Waals surface area contributed by atoms with Crippen LogP contribution in [0.15, 0.2) is 18.3 Å². The third kappa shape index (κ3) is 3.33. The standard InChI is InChI=1S/C16H21IN4/c1-6-10-8-7-9-19-12(10)15-20-13(16(2,3)4)11(17)14(18-5)21-15/h7-9H,6H2,1-5H3,(H,18,20,21). The topological polar surface area (TPSA) is 50.7 Å². The van der Waals surface area contributed by atoms with Crippen molar-refractivity contribution in [1.29, 1.82) is 0 Å². The number of anilines is 1. The molecule has 0 amide bonds. The molecule has 0 aliphatic rings. The Bertz CT molecular complexity index is 647. The molecule has 0 radical (unpaired) electrons. The number of hydrogen-bond acceptors (Lipinski definition) is 4. The predicted molar refractivity (Wildman–Crippen MR) is 95.6 cm³/mol. The zero-order valence-corrected chi connectivity index (χ0v) is 15.3. The maximum Gasteiger partial charge on any atom is 0.180 e. The third-order valence-electron chi connectivity index (χ3n) is 3.28. The van der Waals surface area contributed by atoms with Crippen LogP contribution in [0, 0.1) is 3.57 Å². The van der Waals surface area contributed by atoms with Crippen LogP contribution < -0.4 is 5.32 Å². The molecule has 5 heteroatoms. The van der Waals surface area contributed by atoms with Crippen molar-refractivity contribution in [3.05, 3.63) is 33.2 Å². The smallest absolute Gasteiger partial charge is 0.180 e. The minimum Gasteiger partial charge on any atom is -0.372 e. The number of nitrogens with zero attached hydrogens (tertiary/aromatic N) is 3. The molecule has 4 nitrogen and oxygen atoms in total. The molecule has 0 aliphatic heterocycles. The Morgan fingerprint density at radius 2 is 1.95 bits per heavy atom. The summed E-state index contributed by atoms with van der Waals surface area (Å²) < 4.78 is 1.07. The van der Waals surface area contributed by atoms with Gasteiger partial charge in [-0.1, -0.05) is 33.8 Å². The van der Waals surface area contributed by atoms with Gasteiger partial charge in [-0.05, 0) is 40.6 Å². The lowest BCUT2D eigenvalue weighted by molar-refractivity contribution is 0.564. The molecule has 112 valence electrons. The lowest BCUT2D eigenvalue weighted by Crippen LogP contribution is -2.18. The van der Waals surface area contributed by atoms with Crippen LogP contribution in [0.25, 0.3) is 11.5 Å². The number of nitrogens with one attached hydrogen (secondary N) is 1. The summed E-state index contributed by atoms with van der Waals surface area (Å²) in [5, 5.41) is 3.17. The van der Waals surface area contributed by atoms with Gasteiger partial charge in [-0.15, -0.1) is 0 Å². The Hall–Kier alpha value is -1.24. The molecule has 2 heterocycles. The minimum absolute atomic E-state index is 0.0407. The second kappa shape index (κ2) is 6.25. The van der Waals surface area contributed by atoms with Gasteiger partial charge in [0, 0.05) is 18.7 Å². The van der Waals surface area contributed by atoms with Crippen molar-refractivity contribution in [3.63, 3.8) is 0 Å². The van der Waals surface area contributed by atoms with Crippen molar-refractivity contribution in [2.75, 3.05) is 12.4 Å². The van der Waals surface area contributed by atoms with Crippen molar-refractivity contribution < 1.29 is 0 Å². The summed E-state index contributed by atoms with van der Waals surface area (Å²) in [4.78, 5) is 14.0. The number of hydrogen-bond donors (Lipinski definition) is 1. The first-order valence-corrected chi connectivity index (χ1v) is 8.16. The summed E-state index contributed by atoms with van der Waals surface area (Å²) >= 11 is 2.31. The molecule has 0 bridgehead atoms. The maximum atomic E-state index is 4.81. The van der Waals surface area contributed by atoms with Crippen LogP contribution in [-0.2, 0) is 11.8 Å². The second-order valence-electron chi connectivity index (χ2n) is 5.92. The van der Waals surface area contributed by atoms with E-state index in [1.807, 2.05) is 13.1 Å². The molecule has 2 aromatic heterocycles. The maximum absolute atomic E-state index is 4.81. The molecular weight excluding hydrogens is 375 g/mol. The molecule has 0 aliphatic carbocycles. The Kier molecular flexibility index (Phi) is 4.81. The second-order valence-corrected chi connectivity index (χ2v) is 7.00. The molecule has 0 saturated carbocycles. The van der Waals surface area contributed by atoms with Crippen molar-refractivity contribution in [2.24, 2.45) is 0 Å². The monoisotopic (exact) mass is 396 g/mol. The Labute approximate surface area is 140 Å². The average molecular weight is 396 g/mol. The Balaban J connectivity index is 2.70. The van der Waals surface area contributed by atoms with Crippen molar-refractivity contribution in [1.82, 2.24) is 15.0 Å². The first-order valence-electron chi connectivity index (χ1n) is 7.08. The summed E-state index contributed by atoms with van der Waals surface area (Å²) in [6.07, 6.45) is 2.71. The molecule has 2 aromatic rings. The largest absolute Gasteiger partial charge is 0.372 e. The van der Waals surface area contributed by atoms with E-state index >= 15 is 0 Å². The van der Waals surface area contributed by atoms with Gasteiger partial charge in [0.15, 0.2) is 5.82 Å². The number of halogens is 1. The van der Waals surface area contributed by atoms with E-state index in [2.05, 4.69) is 71.6 Å². The van der Waals surface area contributed by atoms with Gasteiger partial charge in [-0.25, -0.2) is 9.97 Å². The van der Waals surface area contributed by atoms with E-state index in [4.69, 9.17) is 4.98 Å². The van der Waals surface area contributed by atoms with E-state index in [1.165, 1.54) is 5.56 Å². The summed E-state index contributed by atoms with van der Waals surface area (Å²) in [7, 11) is 1.89. The van der Waals surface area contributed by atoms with Gasteiger partial charge in [0.2, 0.25) is 0 Å². The van der Waals surface area contributed by atoms with Gasteiger partial charge in [-0.3, -0.25) is 4.98 Å². The zero-order chi connectivity index (χ0) is 15.6. The molecule has 21 heavy (non-hydrogen) atoms. The highest BCUT2D eigenvalue weighted by Crippen LogP contribution is 2.31. The van der Waals surface area contributed by atoms with Crippen molar-refractivity contribution >= 4 is 28.4 Å². The number of pyridine rings is 1.